The second-order valence-electron chi connectivity index (χ2n) is 4.07. The van der Waals surface area contributed by atoms with E-state index in [0.717, 1.165) is 12.8 Å². The number of Topliss-reactive ketones (excluding diaryl/α,β-unsaturated/α-hetero) is 1. The van der Waals surface area contributed by atoms with E-state index >= 15 is 0 Å². The van der Waals surface area contributed by atoms with E-state index in [2.05, 4.69) is 6.92 Å². The van der Waals surface area contributed by atoms with Crippen molar-refractivity contribution in [2.24, 2.45) is 0 Å². The number of carbonyl (C=O) groups excluding carboxylic acids is 1. The Balaban J connectivity index is 2.33. The molecule has 0 saturated carbocycles. The minimum absolute atomic E-state index is 0.169. The summed E-state index contributed by atoms with van der Waals surface area (Å²) in [5.41, 5.74) is 0.666. The van der Waals surface area contributed by atoms with E-state index in [9.17, 15) is 4.79 Å². The molecule has 0 bridgehead atoms. The fourth-order valence-electron chi connectivity index (χ4n) is 1.71. The Labute approximate surface area is 103 Å². The van der Waals surface area contributed by atoms with Gasteiger partial charge in [-0.2, -0.15) is 0 Å². The first kappa shape index (κ1) is 13.2. The molecule has 1 rings (SSSR count). The highest BCUT2D eigenvalue weighted by Crippen LogP contribution is 2.18. The third-order valence-electron chi connectivity index (χ3n) is 2.68. The molecule has 1 aromatic rings. The molecule has 2 heteroatoms. The molecule has 0 aromatic heterocycles. The van der Waals surface area contributed by atoms with Gasteiger partial charge in [0.25, 0.3) is 0 Å². The van der Waals surface area contributed by atoms with E-state index in [4.69, 9.17) is 11.6 Å². The molecular formula is C14H19ClO. The van der Waals surface area contributed by atoms with Crippen molar-refractivity contribution in [3.63, 3.8) is 0 Å². The quantitative estimate of drug-likeness (QED) is 0.489. The van der Waals surface area contributed by atoms with E-state index in [1.54, 1.807) is 12.1 Å². The molecule has 16 heavy (non-hydrogen) atoms. The first-order chi connectivity index (χ1) is 7.75. The lowest BCUT2D eigenvalue weighted by atomic mass is 10.0. The molecule has 0 spiro atoms. The predicted octanol–water partition coefficient (Wildman–Crippen LogP) is 4.88. The normalized spacial score (nSPS) is 10.4. The zero-order valence-electron chi connectivity index (χ0n) is 9.84. The molecule has 0 aliphatic carbocycles. The second-order valence-corrected chi connectivity index (χ2v) is 4.47. The molecule has 1 nitrogen and oxygen atoms in total. The maximum Gasteiger partial charge on any atom is 0.164 e. The van der Waals surface area contributed by atoms with Gasteiger partial charge in [0.15, 0.2) is 5.78 Å². The van der Waals surface area contributed by atoms with Gasteiger partial charge in [0, 0.05) is 12.0 Å². The zero-order valence-corrected chi connectivity index (χ0v) is 10.6. The van der Waals surface area contributed by atoms with Crippen molar-refractivity contribution in [2.45, 2.75) is 45.4 Å². The number of carbonyl (C=O) groups is 1. The first-order valence-electron chi connectivity index (χ1n) is 6.03. The van der Waals surface area contributed by atoms with Crippen LogP contribution in [0.1, 0.15) is 55.8 Å². The summed E-state index contributed by atoms with van der Waals surface area (Å²) < 4.78 is 0. The fraction of sp³-hybridized carbons (Fsp3) is 0.500. The number of hydrogen-bond acceptors (Lipinski definition) is 1. The van der Waals surface area contributed by atoms with Crippen LogP contribution < -0.4 is 0 Å². The lowest BCUT2D eigenvalue weighted by Gasteiger charge is -2.03. The number of halogens is 1. The van der Waals surface area contributed by atoms with Gasteiger partial charge in [-0.15, -0.1) is 0 Å². The summed E-state index contributed by atoms with van der Waals surface area (Å²) in [5.74, 6) is 0.169. The van der Waals surface area contributed by atoms with Gasteiger partial charge in [0.05, 0.1) is 5.02 Å². The Hall–Kier alpha value is -0.820. The number of benzene rings is 1. The number of unbranched alkanes of at least 4 members (excludes halogenated alkanes) is 4. The Morgan fingerprint density at radius 3 is 2.50 bits per heavy atom. The molecule has 1 aromatic carbocycles. The molecule has 0 fully saturated rings. The van der Waals surface area contributed by atoms with Crippen molar-refractivity contribution in [3.05, 3.63) is 34.9 Å². The lowest BCUT2D eigenvalue weighted by molar-refractivity contribution is 0.0979. The van der Waals surface area contributed by atoms with Crippen LogP contribution in [-0.2, 0) is 0 Å². The lowest BCUT2D eigenvalue weighted by Crippen LogP contribution is -1.99. The molecule has 0 atom stereocenters. The van der Waals surface area contributed by atoms with E-state index in [-0.39, 0.29) is 5.78 Å². The van der Waals surface area contributed by atoms with Crippen molar-refractivity contribution < 1.29 is 4.79 Å². The Kier molecular flexibility index (Phi) is 6.17. The van der Waals surface area contributed by atoms with Crippen LogP contribution in [0.2, 0.25) is 5.02 Å². The van der Waals surface area contributed by atoms with E-state index < -0.39 is 0 Å². The average molecular weight is 239 g/mol. The topological polar surface area (TPSA) is 17.1 Å². The van der Waals surface area contributed by atoms with Crippen LogP contribution in [-0.4, -0.2) is 5.78 Å². The molecule has 0 radical (unpaired) electrons. The van der Waals surface area contributed by atoms with Crippen LogP contribution in [0.4, 0.5) is 0 Å². The summed E-state index contributed by atoms with van der Waals surface area (Å²) in [6, 6.07) is 7.28. The van der Waals surface area contributed by atoms with Crippen LogP contribution in [0.15, 0.2) is 24.3 Å². The highest BCUT2D eigenvalue weighted by Gasteiger charge is 2.08. The summed E-state index contributed by atoms with van der Waals surface area (Å²) in [6.45, 7) is 2.19. The summed E-state index contributed by atoms with van der Waals surface area (Å²) >= 11 is 5.96. The fourth-order valence-corrected chi connectivity index (χ4v) is 1.95. The highest BCUT2D eigenvalue weighted by molar-refractivity contribution is 6.33. The van der Waals surface area contributed by atoms with Crippen LogP contribution in [0.5, 0.6) is 0 Å². The predicted molar refractivity (Wildman–Crippen MR) is 69.2 cm³/mol. The standard InChI is InChI=1S/C14H19ClO/c1-2-3-4-5-6-11-14(16)12-9-7-8-10-13(12)15/h7-10H,2-6,11H2,1H3. The molecule has 0 saturated heterocycles. The molecule has 0 heterocycles. The summed E-state index contributed by atoms with van der Waals surface area (Å²) in [7, 11) is 0. The monoisotopic (exact) mass is 238 g/mol. The molecule has 0 unspecified atom stereocenters. The molecule has 0 aliphatic heterocycles. The van der Waals surface area contributed by atoms with Crippen LogP contribution in [0.25, 0.3) is 0 Å². The molecule has 0 N–H and O–H groups in total. The van der Waals surface area contributed by atoms with E-state index in [0.29, 0.717) is 17.0 Å². The number of hydrogen-bond donors (Lipinski definition) is 0. The van der Waals surface area contributed by atoms with Crippen LogP contribution in [0.3, 0.4) is 0 Å². The van der Waals surface area contributed by atoms with Crippen molar-refractivity contribution in [2.75, 3.05) is 0 Å². The molecular weight excluding hydrogens is 220 g/mol. The van der Waals surface area contributed by atoms with Gasteiger partial charge >= 0.3 is 0 Å². The second kappa shape index (κ2) is 7.45. The Morgan fingerprint density at radius 2 is 1.81 bits per heavy atom. The van der Waals surface area contributed by atoms with Gasteiger partial charge in [0.2, 0.25) is 0 Å². The largest absolute Gasteiger partial charge is 0.294 e. The average Bonchev–Trinajstić information content (AvgIpc) is 2.29. The van der Waals surface area contributed by atoms with Gasteiger partial charge in [-0.25, -0.2) is 0 Å². The van der Waals surface area contributed by atoms with Crippen molar-refractivity contribution in [3.8, 4) is 0 Å². The summed E-state index contributed by atoms with van der Waals surface area (Å²) in [4.78, 5) is 11.8. The maximum absolute atomic E-state index is 11.8. The Bertz CT molecular complexity index is 333. The van der Waals surface area contributed by atoms with Crippen molar-refractivity contribution >= 4 is 17.4 Å². The van der Waals surface area contributed by atoms with Gasteiger partial charge in [-0.05, 0) is 18.6 Å². The van der Waals surface area contributed by atoms with Gasteiger partial charge < -0.3 is 0 Å². The molecule has 0 aliphatic rings. The smallest absolute Gasteiger partial charge is 0.164 e. The summed E-state index contributed by atoms with van der Waals surface area (Å²) in [5, 5.41) is 0.570. The minimum atomic E-state index is 0.169. The van der Waals surface area contributed by atoms with Gasteiger partial charge in [0.1, 0.15) is 0 Å². The third-order valence-corrected chi connectivity index (χ3v) is 3.01. The number of ketones is 1. The van der Waals surface area contributed by atoms with Crippen molar-refractivity contribution in [1.82, 2.24) is 0 Å². The SMILES string of the molecule is CCCCCCCC(=O)c1ccccc1Cl. The first-order valence-corrected chi connectivity index (χ1v) is 6.41. The third kappa shape index (κ3) is 4.36. The summed E-state index contributed by atoms with van der Waals surface area (Å²) in [6.07, 6.45) is 6.46. The minimum Gasteiger partial charge on any atom is -0.294 e. The van der Waals surface area contributed by atoms with E-state index in [1.165, 1.54) is 19.3 Å². The van der Waals surface area contributed by atoms with E-state index in [1.807, 2.05) is 12.1 Å². The van der Waals surface area contributed by atoms with Gasteiger partial charge in [-0.1, -0.05) is 56.3 Å². The molecule has 88 valence electrons. The van der Waals surface area contributed by atoms with Crippen molar-refractivity contribution in [1.29, 1.82) is 0 Å². The highest BCUT2D eigenvalue weighted by atomic mass is 35.5. The van der Waals surface area contributed by atoms with Crippen LogP contribution >= 0.6 is 11.6 Å². The molecule has 0 amide bonds. The Morgan fingerprint density at radius 1 is 1.12 bits per heavy atom. The number of rotatable bonds is 7. The maximum atomic E-state index is 11.8. The van der Waals surface area contributed by atoms with Crippen LogP contribution in [0, 0.1) is 0 Å². The zero-order chi connectivity index (χ0) is 11.8. The van der Waals surface area contributed by atoms with Gasteiger partial charge in [-0.3, -0.25) is 4.79 Å².